The first kappa shape index (κ1) is 14.3. The van der Waals surface area contributed by atoms with Gasteiger partial charge in [0.25, 0.3) is 5.91 Å². The van der Waals surface area contributed by atoms with E-state index in [1.54, 1.807) is 36.4 Å². The molecule has 0 saturated heterocycles. The summed E-state index contributed by atoms with van der Waals surface area (Å²) < 4.78 is 0. The topological polar surface area (TPSA) is 66.9 Å². The van der Waals surface area contributed by atoms with Crippen molar-refractivity contribution in [3.63, 3.8) is 0 Å². The van der Waals surface area contributed by atoms with Gasteiger partial charge in [0.05, 0.1) is 10.6 Å². The van der Waals surface area contributed by atoms with Gasteiger partial charge in [-0.1, -0.05) is 30.7 Å². The molecular weight excluding hydrogens is 276 g/mol. The van der Waals surface area contributed by atoms with Crippen LogP contribution in [0.4, 0.5) is 11.6 Å². The van der Waals surface area contributed by atoms with Crippen LogP contribution in [0.3, 0.4) is 0 Å². The van der Waals surface area contributed by atoms with Crippen LogP contribution < -0.4 is 10.6 Å². The number of carbonyl (C=O) groups is 1. The Hall–Kier alpha value is -2.14. The Balaban J connectivity index is 2.03. The highest BCUT2D eigenvalue weighted by Crippen LogP contribution is 2.16. The molecule has 0 atom stereocenters. The summed E-state index contributed by atoms with van der Waals surface area (Å²) in [7, 11) is 0. The molecule has 0 aliphatic carbocycles. The third-order valence-electron chi connectivity index (χ3n) is 2.58. The molecule has 0 bridgehead atoms. The van der Waals surface area contributed by atoms with Gasteiger partial charge in [-0.25, -0.2) is 0 Å². The van der Waals surface area contributed by atoms with E-state index in [1.165, 1.54) is 0 Å². The van der Waals surface area contributed by atoms with Gasteiger partial charge in [0.2, 0.25) is 0 Å². The quantitative estimate of drug-likeness (QED) is 0.887. The third-order valence-corrected chi connectivity index (χ3v) is 2.91. The number of rotatable bonds is 5. The lowest BCUT2D eigenvalue weighted by Gasteiger charge is -2.06. The molecule has 1 amide bonds. The van der Waals surface area contributed by atoms with Gasteiger partial charge in [-0.2, -0.15) is 0 Å². The number of carbonyl (C=O) groups excluding carboxylic acids is 1. The van der Waals surface area contributed by atoms with Gasteiger partial charge in [0, 0.05) is 6.54 Å². The summed E-state index contributed by atoms with van der Waals surface area (Å²) in [6, 6.07) is 10.3. The van der Waals surface area contributed by atoms with E-state index in [1.807, 2.05) is 0 Å². The highest BCUT2D eigenvalue weighted by Gasteiger charge is 2.10. The monoisotopic (exact) mass is 290 g/mol. The normalized spacial score (nSPS) is 10.1. The molecule has 0 aliphatic rings. The fourth-order valence-electron chi connectivity index (χ4n) is 1.58. The van der Waals surface area contributed by atoms with Gasteiger partial charge in [-0.15, -0.1) is 10.2 Å². The van der Waals surface area contributed by atoms with Crippen molar-refractivity contribution in [2.45, 2.75) is 13.3 Å². The van der Waals surface area contributed by atoms with E-state index in [-0.39, 0.29) is 5.91 Å². The summed E-state index contributed by atoms with van der Waals surface area (Å²) in [6.45, 7) is 2.90. The maximum atomic E-state index is 12.0. The molecule has 20 heavy (non-hydrogen) atoms. The van der Waals surface area contributed by atoms with Crippen LogP contribution in [0.25, 0.3) is 0 Å². The summed E-state index contributed by atoms with van der Waals surface area (Å²) in [6.07, 6.45) is 1.01. The van der Waals surface area contributed by atoms with Crippen molar-refractivity contribution in [1.82, 2.24) is 10.2 Å². The average molecular weight is 291 g/mol. The number of hydrogen-bond acceptors (Lipinski definition) is 4. The first-order chi connectivity index (χ1) is 9.70. The lowest BCUT2D eigenvalue weighted by atomic mass is 10.2. The molecule has 1 aromatic carbocycles. The molecule has 6 heteroatoms. The van der Waals surface area contributed by atoms with Crippen molar-refractivity contribution >= 4 is 29.1 Å². The number of nitrogens with one attached hydrogen (secondary N) is 2. The van der Waals surface area contributed by atoms with Crippen LogP contribution in [0.2, 0.25) is 5.02 Å². The summed E-state index contributed by atoms with van der Waals surface area (Å²) in [4.78, 5) is 12.0. The van der Waals surface area contributed by atoms with Crippen LogP contribution in [0, 0.1) is 0 Å². The molecule has 0 fully saturated rings. The fraction of sp³-hybridized carbons (Fsp3) is 0.214. The Morgan fingerprint density at radius 3 is 2.50 bits per heavy atom. The molecule has 0 unspecified atom stereocenters. The minimum absolute atomic E-state index is 0.306. The Kier molecular flexibility index (Phi) is 4.90. The first-order valence-corrected chi connectivity index (χ1v) is 6.72. The van der Waals surface area contributed by atoms with E-state index < -0.39 is 0 Å². The maximum absolute atomic E-state index is 12.0. The van der Waals surface area contributed by atoms with Crippen LogP contribution in [0.5, 0.6) is 0 Å². The molecule has 1 heterocycles. The summed E-state index contributed by atoms with van der Waals surface area (Å²) in [5.74, 6) is 0.763. The van der Waals surface area contributed by atoms with E-state index in [4.69, 9.17) is 11.6 Å². The zero-order valence-corrected chi connectivity index (χ0v) is 11.8. The second kappa shape index (κ2) is 6.86. The van der Waals surface area contributed by atoms with E-state index >= 15 is 0 Å². The maximum Gasteiger partial charge on any atom is 0.258 e. The van der Waals surface area contributed by atoms with E-state index in [9.17, 15) is 4.79 Å². The van der Waals surface area contributed by atoms with Gasteiger partial charge >= 0.3 is 0 Å². The number of hydrogen-bond donors (Lipinski definition) is 2. The third kappa shape index (κ3) is 3.68. The van der Waals surface area contributed by atoms with Crippen molar-refractivity contribution in [2.24, 2.45) is 0 Å². The minimum atomic E-state index is -0.306. The SMILES string of the molecule is CCCNc1ccc(NC(=O)c2ccccc2Cl)nn1. The van der Waals surface area contributed by atoms with Gasteiger partial charge < -0.3 is 10.6 Å². The van der Waals surface area contributed by atoms with Gasteiger partial charge in [0.1, 0.15) is 5.82 Å². The standard InChI is InChI=1S/C14H15ClN4O/c1-2-9-16-12-7-8-13(19-18-12)17-14(20)10-5-3-4-6-11(10)15/h3-8H,2,9H2,1H3,(H,16,18)(H,17,19,20). The van der Waals surface area contributed by atoms with Gasteiger partial charge in [-0.3, -0.25) is 4.79 Å². The van der Waals surface area contributed by atoms with Crippen LogP contribution in [-0.4, -0.2) is 22.6 Å². The number of nitrogens with zero attached hydrogens (tertiary/aromatic N) is 2. The van der Waals surface area contributed by atoms with Crippen LogP contribution >= 0.6 is 11.6 Å². The lowest BCUT2D eigenvalue weighted by molar-refractivity contribution is 0.102. The predicted molar refractivity (Wildman–Crippen MR) is 80.2 cm³/mol. The number of benzene rings is 1. The van der Waals surface area contributed by atoms with Gasteiger partial charge in [-0.05, 0) is 30.7 Å². The fourth-order valence-corrected chi connectivity index (χ4v) is 1.80. The number of halogens is 1. The highest BCUT2D eigenvalue weighted by atomic mass is 35.5. The molecule has 0 aliphatic heterocycles. The first-order valence-electron chi connectivity index (χ1n) is 6.34. The Morgan fingerprint density at radius 1 is 1.15 bits per heavy atom. The van der Waals surface area contributed by atoms with Gasteiger partial charge in [0.15, 0.2) is 5.82 Å². The summed E-state index contributed by atoms with van der Waals surface area (Å²) >= 11 is 5.96. The number of anilines is 2. The largest absolute Gasteiger partial charge is 0.369 e. The molecule has 2 rings (SSSR count). The van der Waals surface area contributed by atoms with Crippen molar-refractivity contribution in [3.05, 3.63) is 47.0 Å². The van der Waals surface area contributed by atoms with E-state index in [0.717, 1.165) is 13.0 Å². The molecule has 2 N–H and O–H groups in total. The molecular formula is C14H15ClN4O. The van der Waals surface area contributed by atoms with Crippen molar-refractivity contribution in [2.75, 3.05) is 17.2 Å². The molecule has 1 aromatic heterocycles. The number of aromatic nitrogens is 2. The summed E-state index contributed by atoms with van der Waals surface area (Å²) in [5, 5.41) is 14.1. The highest BCUT2D eigenvalue weighted by molar-refractivity contribution is 6.34. The number of amides is 1. The Bertz CT molecular complexity index is 586. The molecule has 5 nitrogen and oxygen atoms in total. The van der Waals surface area contributed by atoms with Crippen LogP contribution in [0.15, 0.2) is 36.4 Å². The van der Waals surface area contributed by atoms with E-state index in [0.29, 0.717) is 22.2 Å². The van der Waals surface area contributed by atoms with E-state index in [2.05, 4.69) is 27.8 Å². The van der Waals surface area contributed by atoms with Crippen molar-refractivity contribution in [1.29, 1.82) is 0 Å². The molecule has 104 valence electrons. The molecule has 0 spiro atoms. The molecule has 0 radical (unpaired) electrons. The zero-order chi connectivity index (χ0) is 14.4. The minimum Gasteiger partial charge on any atom is -0.369 e. The average Bonchev–Trinajstić information content (AvgIpc) is 2.47. The second-order valence-electron chi connectivity index (χ2n) is 4.16. The zero-order valence-electron chi connectivity index (χ0n) is 11.1. The molecule has 0 saturated carbocycles. The smallest absolute Gasteiger partial charge is 0.258 e. The van der Waals surface area contributed by atoms with Crippen LogP contribution in [0.1, 0.15) is 23.7 Å². The van der Waals surface area contributed by atoms with Crippen molar-refractivity contribution in [3.8, 4) is 0 Å². The van der Waals surface area contributed by atoms with Crippen molar-refractivity contribution < 1.29 is 4.79 Å². The molecule has 2 aromatic rings. The second-order valence-corrected chi connectivity index (χ2v) is 4.57. The lowest BCUT2D eigenvalue weighted by Crippen LogP contribution is -2.14. The Morgan fingerprint density at radius 2 is 1.85 bits per heavy atom. The summed E-state index contributed by atoms with van der Waals surface area (Å²) in [5.41, 5.74) is 0.407. The Labute approximate surface area is 122 Å². The van der Waals surface area contributed by atoms with Crippen LogP contribution in [-0.2, 0) is 0 Å². The predicted octanol–water partition coefficient (Wildman–Crippen LogP) is 3.20.